The van der Waals surface area contributed by atoms with E-state index in [1.54, 1.807) is 12.1 Å². The van der Waals surface area contributed by atoms with Gasteiger partial charge >= 0.3 is 6.18 Å². The summed E-state index contributed by atoms with van der Waals surface area (Å²) in [6.45, 7) is 0. The Labute approximate surface area is 202 Å². The Morgan fingerprint density at radius 1 is 0.829 bits per heavy atom. The van der Waals surface area contributed by atoms with E-state index in [0.717, 1.165) is 23.3 Å². The van der Waals surface area contributed by atoms with Crippen molar-refractivity contribution >= 4 is 34.4 Å². The Balaban J connectivity index is 1.68. The van der Waals surface area contributed by atoms with E-state index in [9.17, 15) is 13.2 Å². The van der Waals surface area contributed by atoms with Gasteiger partial charge in [0.25, 0.3) is 0 Å². The second-order valence-corrected chi connectivity index (χ2v) is 8.05. The molecule has 0 bridgehead atoms. The average Bonchev–Trinajstić information content (AvgIpc) is 3.17. The summed E-state index contributed by atoms with van der Waals surface area (Å²) in [4.78, 5) is 4.70. The zero-order valence-corrected chi connectivity index (χ0v) is 18.7. The lowest BCUT2D eigenvalue weighted by Crippen LogP contribution is -2.03. The van der Waals surface area contributed by atoms with E-state index in [1.807, 2.05) is 48.5 Å². The Hall–Kier alpha value is -4.24. The van der Waals surface area contributed by atoms with Gasteiger partial charge in [-0.25, -0.2) is 9.50 Å². The number of nitrogen functional groups attached to an aromatic ring is 1. The van der Waals surface area contributed by atoms with Crippen molar-refractivity contribution in [3.05, 3.63) is 95.5 Å². The molecular formula is C25H16ClF3N6. The van der Waals surface area contributed by atoms with Crippen molar-refractivity contribution in [2.24, 2.45) is 10.2 Å². The second kappa shape index (κ2) is 8.84. The van der Waals surface area contributed by atoms with E-state index in [-0.39, 0.29) is 17.2 Å². The number of alkyl halides is 3. The standard InChI is InChI=1S/C25H16ClF3N6/c26-18-11-9-16(10-12-18)21-14-20(15-5-2-1-3-6-15)31-24-22(23(30)34-35(21)24)33-32-19-8-4-7-17(13-19)25(27,28)29/h1-14H,(H2,30,34). The quantitative estimate of drug-likeness (QED) is 0.260. The van der Waals surface area contributed by atoms with Gasteiger partial charge < -0.3 is 5.73 Å². The van der Waals surface area contributed by atoms with Crippen molar-refractivity contribution in [3.63, 3.8) is 0 Å². The molecule has 35 heavy (non-hydrogen) atoms. The molecule has 0 atom stereocenters. The summed E-state index contributed by atoms with van der Waals surface area (Å²) in [6, 6.07) is 23.1. The van der Waals surface area contributed by atoms with Crippen molar-refractivity contribution in [2.75, 3.05) is 5.73 Å². The minimum absolute atomic E-state index is 0.0238. The highest BCUT2D eigenvalue weighted by molar-refractivity contribution is 6.30. The van der Waals surface area contributed by atoms with Crippen molar-refractivity contribution in [1.82, 2.24) is 14.6 Å². The summed E-state index contributed by atoms with van der Waals surface area (Å²) in [6.07, 6.45) is -4.49. The van der Waals surface area contributed by atoms with Gasteiger partial charge in [-0.15, -0.1) is 10.2 Å². The third kappa shape index (κ3) is 4.58. The molecule has 0 saturated heterocycles. The smallest absolute Gasteiger partial charge is 0.380 e. The normalized spacial score (nSPS) is 12.0. The molecule has 0 aliphatic rings. The Bertz CT molecular complexity index is 1540. The predicted octanol–water partition coefficient (Wildman–Crippen LogP) is 7.73. The fourth-order valence-electron chi connectivity index (χ4n) is 3.55. The highest BCUT2D eigenvalue weighted by Gasteiger charge is 2.30. The van der Waals surface area contributed by atoms with Gasteiger partial charge in [0, 0.05) is 16.1 Å². The second-order valence-electron chi connectivity index (χ2n) is 7.62. The van der Waals surface area contributed by atoms with E-state index in [1.165, 1.54) is 16.6 Å². The summed E-state index contributed by atoms with van der Waals surface area (Å²) in [5.41, 5.74) is 8.79. The summed E-state index contributed by atoms with van der Waals surface area (Å²) < 4.78 is 40.7. The van der Waals surface area contributed by atoms with Crippen LogP contribution in [0.2, 0.25) is 5.02 Å². The van der Waals surface area contributed by atoms with Crippen LogP contribution in [0.5, 0.6) is 0 Å². The fraction of sp³-hybridized carbons (Fsp3) is 0.0400. The Morgan fingerprint density at radius 2 is 1.57 bits per heavy atom. The average molecular weight is 493 g/mol. The van der Waals surface area contributed by atoms with Crippen LogP contribution in [-0.4, -0.2) is 14.6 Å². The van der Waals surface area contributed by atoms with Crippen LogP contribution in [0, 0.1) is 0 Å². The number of aromatic nitrogens is 3. The monoisotopic (exact) mass is 492 g/mol. The SMILES string of the molecule is Nc1nn2c(-c3ccc(Cl)cc3)cc(-c3ccccc3)nc2c1N=Nc1cccc(C(F)(F)F)c1. The van der Waals surface area contributed by atoms with Gasteiger partial charge in [0.1, 0.15) is 0 Å². The van der Waals surface area contributed by atoms with Gasteiger partial charge in [0.05, 0.1) is 22.6 Å². The molecule has 2 N–H and O–H groups in total. The van der Waals surface area contributed by atoms with Gasteiger partial charge in [-0.05, 0) is 36.4 Å². The van der Waals surface area contributed by atoms with Gasteiger partial charge in [-0.3, -0.25) is 0 Å². The van der Waals surface area contributed by atoms with Crippen LogP contribution in [0.25, 0.3) is 28.2 Å². The van der Waals surface area contributed by atoms with Gasteiger partial charge in [-0.2, -0.15) is 18.3 Å². The van der Waals surface area contributed by atoms with Crippen LogP contribution in [0.4, 0.5) is 30.4 Å². The molecule has 0 saturated carbocycles. The largest absolute Gasteiger partial charge is 0.416 e. The Kier molecular flexibility index (Phi) is 5.70. The van der Waals surface area contributed by atoms with Gasteiger partial charge in [0.15, 0.2) is 17.2 Å². The molecule has 5 rings (SSSR count). The summed E-state index contributed by atoms with van der Waals surface area (Å²) in [5.74, 6) is 0.0358. The summed E-state index contributed by atoms with van der Waals surface area (Å²) in [7, 11) is 0. The number of nitrogens with two attached hydrogens (primary N) is 1. The van der Waals surface area contributed by atoms with Crippen molar-refractivity contribution in [3.8, 4) is 22.5 Å². The molecule has 0 aliphatic heterocycles. The topological polar surface area (TPSA) is 80.9 Å². The molecule has 0 aliphatic carbocycles. The molecule has 0 unspecified atom stereocenters. The molecule has 2 aromatic heterocycles. The Morgan fingerprint density at radius 3 is 2.29 bits per heavy atom. The molecule has 5 aromatic rings. The molecule has 0 radical (unpaired) electrons. The molecule has 2 heterocycles. The van der Waals surface area contributed by atoms with E-state index in [4.69, 9.17) is 22.3 Å². The summed E-state index contributed by atoms with van der Waals surface area (Å²) >= 11 is 6.06. The van der Waals surface area contributed by atoms with Crippen LogP contribution < -0.4 is 5.73 Å². The molecule has 3 aromatic carbocycles. The van der Waals surface area contributed by atoms with Crippen LogP contribution in [-0.2, 0) is 6.18 Å². The molecule has 10 heteroatoms. The van der Waals surface area contributed by atoms with Crippen molar-refractivity contribution in [1.29, 1.82) is 0 Å². The molecule has 0 spiro atoms. The van der Waals surface area contributed by atoms with E-state index < -0.39 is 11.7 Å². The lowest BCUT2D eigenvalue weighted by molar-refractivity contribution is -0.137. The van der Waals surface area contributed by atoms with E-state index in [0.29, 0.717) is 22.1 Å². The lowest BCUT2D eigenvalue weighted by atomic mass is 10.1. The maximum atomic E-state index is 13.1. The first-order valence-electron chi connectivity index (χ1n) is 10.4. The van der Waals surface area contributed by atoms with Crippen LogP contribution in [0.1, 0.15) is 5.56 Å². The first-order valence-corrected chi connectivity index (χ1v) is 10.8. The molecule has 6 nitrogen and oxygen atoms in total. The highest BCUT2D eigenvalue weighted by atomic mass is 35.5. The van der Waals surface area contributed by atoms with Crippen LogP contribution in [0.15, 0.2) is 95.2 Å². The van der Waals surface area contributed by atoms with E-state index in [2.05, 4.69) is 15.3 Å². The van der Waals surface area contributed by atoms with Crippen molar-refractivity contribution in [2.45, 2.75) is 6.18 Å². The number of anilines is 1. The van der Waals surface area contributed by atoms with Gasteiger partial charge in [-0.1, -0.05) is 60.1 Å². The molecular weight excluding hydrogens is 477 g/mol. The number of nitrogens with zero attached hydrogens (tertiary/aromatic N) is 5. The van der Waals surface area contributed by atoms with Gasteiger partial charge in [0.2, 0.25) is 0 Å². The molecule has 0 fully saturated rings. The third-order valence-electron chi connectivity index (χ3n) is 5.24. The zero-order chi connectivity index (χ0) is 24.6. The first-order chi connectivity index (χ1) is 16.8. The number of rotatable bonds is 4. The lowest BCUT2D eigenvalue weighted by Gasteiger charge is -2.09. The van der Waals surface area contributed by atoms with Crippen LogP contribution in [0.3, 0.4) is 0 Å². The number of hydrogen-bond acceptors (Lipinski definition) is 5. The predicted molar refractivity (Wildman–Crippen MR) is 129 cm³/mol. The number of hydrogen-bond donors (Lipinski definition) is 1. The number of azo groups is 1. The maximum Gasteiger partial charge on any atom is 0.416 e. The minimum Gasteiger partial charge on any atom is -0.380 e. The maximum absolute atomic E-state index is 13.1. The number of benzene rings is 3. The number of halogens is 4. The van der Waals surface area contributed by atoms with E-state index >= 15 is 0 Å². The molecule has 174 valence electrons. The molecule has 0 amide bonds. The van der Waals surface area contributed by atoms with Crippen molar-refractivity contribution < 1.29 is 13.2 Å². The minimum atomic E-state index is -4.49. The zero-order valence-electron chi connectivity index (χ0n) is 17.9. The summed E-state index contributed by atoms with van der Waals surface area (Å²) in [5, 5.41) is 13.1. The third-order valence-corrected chi connectivity index (χ3v) is 5.49. The number of fused-ring (bicyclic) bond motifs is 1. The fourth-order valence-corrected chi connectivity index (χ4v) is 3.68. The first kappa shape index (κ1) is 22.5. The highest BCUT2D eigenvalue weighted by Crippen LogP contribution is 2.36. The van der Waals surface area contributed by atoms with Crippen LogP contribution >= 0.6 is 11.6 Å².